The van der Waals surface area contributed by atoms with Gasteiger partial charge in [-0.1, -0.05) is 6.92 Å². The summed E-state index contributed by atoms with van der Waals surface area (Å²) in [5.41, 5.74) is -1.47. The van der Waals surface area contributed by atoms with Gasteiger partial charge in [0.1, 0.15) is 0 Å². The van der Waals surface area contributed by atoms with Gasteiger partial charge in [-0.05, 0) is 63.7 Å². The van der Waals surface area contributed by atoms with Crippen LogP contribution in [0.5, 0.6) is 0 Å². The maximum absolute atomic E-state index is 10.6. The number of aliphatic hydroxyl groups excluding tert-OH is 1. The third kappa shape index (κ3) is 2.45. The third-order valence-electron chi connectivity index (χ3n) is 5.53. The van der Waals surface area contributed by atoms with Gasteiger partial charge in [0.05, 0.1) is 17.3 Å². The van der Waals surface area contributed by atoms with Crippen molar-refractivity contribution in [1.29, 1.82) is 0 Å². The van der Waals surface area contributed by atoms with Crippen LogP contribution >= 0.6 is 0 Å². The fourth-order valence-electron chi connectivity index (χ4n) is 4.49. The van der Waals surface area contributed by atoms with Crippen molar-refractivity contribution in [2.45, 2.75) is 77.1 Å². The summed E-state index contributed by atoms with van der Waals surface area (Å²) >= 11 is 0. The molecule has 0 aliphatic heterocycles. The lowest BCUT2D eigenvalue weighted by Gasteiger charge is -2.56. The van der Waals surface area contributed by atoms with E-state index < -0.39 is 11.2 Å². The smallest absolute Gasteiger partial charge is 0.0677 e. The Bertz CT molecular complexity index is 318. The standard InChI is InChI=1S/C15H28O3/c1-13(2,17)10-5-6-14(3)8-11(16)9-15(4,18)12(14)7-10/h10-12,16-18H,5-9H2,1-4H3/t10-,11+,12-,14+,15-/m0/s1. The van der Waals surface area contributed by atoms with Crippen LogP contribution in [0.25, 0.3) is 0 Å². The first-order valence-corrected chi connectivity index (χ1v) is 7.17. The molecule has 2 rings (SSSR count). The molecule has 2 aliphatic rings. The summed E-state index contributed by atoms with van der Waals surface area (Å²) < 4.78 is 0. The summed E-state index contributed by atoms with van der Waals surface area (Å²) in [4.78, 5) is 0. The van der Waals surface area contributed by atoms with Gasteiger partial charge >= 0.3 is 0 Å². The second-order valence-electron chi connectivity index (χ2n) is 7.75. The molecule has 3 N–H and O–H groups in total. The van der Waals surface area contributed by atoms with Crippen molar-refractivity contribution in [2.24, 2.45) is 17.3 Å². The summed E-state index contributed by atoms with van der Waals surface area (Å²) in [6.07, 6.45) is 3.69. The van der Waals surface area contributed by atoms with Gasteiger partial charge in [0.25, 0.3) is 0 Å². The Morgan fingerprint density at radius 2 is 1.78 bits per heavy atom. The lowest BCUT2D eigenvalue weighted by molar-refractivity contribution is -0.170. The van der Waals surface area contributed by atoms with Crippen molar-refractivity contribution in [3.8, 4) is 0 Å². The second-order valence-corrected chi connectivity index (χ2v) is 7.75. The number of fused-ring (bicyclic) bond motifs is 1. The van der Waals surface area contributed by atoms with Crippen molar-refractivity contribution in [3.63, 3.8) is 0 Å². The van der Waals surface area contributed by atoms with Crippen molar-refractivity contribution in [3.05, 3.63) is 0 Å². The predicted molar refractivity (Wildman–Crippen MR) is 71.1 cm³/mol. The van der Waals surface area contributed by atoms with Crippen LogP contribution in [0.2, 0.25) is 0 Å². The maximum atomic E-state index is 10.6. The molecule has 0 saturated heterocycles. The van der Waals surface area contributed by atoms with E-state index in [4.69, 9.17) is 0 Å². The van der Waals surface area contributed by atoms with Crippen LogP contribution in [0.4, 0.5) is 0 Å². The molecule has 3 nitrogen and oxygen atoms in total. The molecule has 0 heterocycles. The molecule has 2 fully saturated rings. The Kier molecular flexibility index (Phi) is 3.33. The lowest BCUT2D eigenvalue weighted by Crippen LogP contribution is -2.56. The summed E-state index contributed by atoms with van der Waals surface area (Å²) in [5.74, 6) is 0.427. The van der Waals surface area contributed by atoms with Gasteiger partial charge in [0, 0.05) is 6.42 Å². The van der Waals surface area contributed by atoms with E-state index in [1.165, 1.54) is 0 Å². The van der Waals surface area contributed by atoms with Gasteiger partial charge in [0.2, 0.25) is 0 Å². The van der Waals surface area contributed by atoms with Gasteiger partial charge in [-0.15, -0.1) is 0 Å². The molecule has 3 heteroatoms. The molecule has 0 radical (unpaired) electrons. The Balaban J connectivity index is 2.23. The second kappa shape index (κ2) is 4.19. The van der Waals surface area contributed by atoms with Crippen LogP contribution in [-0.4, -0.2) is 32.6 Å². The largest absolute Gasteiger partial charge is 0.393 e. The predicted octanol–water partition coefficient (Wildman–Crippen LogP) is 2.09. The fraction of sp³-hybridized carbons (Fsp3) is 1.00. The molecule has 0 spiro atoms. The fourth-order valence-corrected chi connectivity index (χ4v) is 4.49. The van der Waals surface area contributed by atoms with E-state index in [1.54, 1.807) is 0 Å². The molecule has 0 unspecified atom stereocenters. The number of aliphatic hydroxyl groups is 3. The molecular formula is C15H28O3. The molecule has 0 bridgehead atoms. The third-order valence-corrected chi connectivity index (χ3v) is 5.53. The van der Waals surface area contributed by atoms with Crippen LogP contribution in [0.15, 0.2) is 0 Å². The average molecular weight is 256 g/mol. The SMILES string of the molecule is CC(C)(O)[C@H]1CC[C@]2(C)C[C@@H](O)C[C@](C)(O)[C@H]2C1. The van der Waals surface area contributed by atoms with E-state index in [1.807, 2.05) is 20.8 Å². The molecular weight excluding hydrogens is 228 g/mol. The highest BCUT2D eigenvalue weighted by Gasteiger charge is 2.54. The van der Waals surface area contributed by atoms with Crippen molar-refractivity contribution < 1.29 is 15.3 Å². The monoisotopic (exact) mass is 256 g/mol. The van der Waals surface area contributed by atoms with Crippen LogP contribution in [0.1, 0.15) is 59.8 Å². The van der Waals surface area contributed by atoms with Gasteiger partial charge in [-0.25, -0.2) is 0 Å². The highest BCUT2D eigenvalue weighted by atomic mass is 16.3. The minimum atomic E-state index is -0.809. The Hall–Kier alpha value is -0.120. The quantitative estimate of drug-likeness (QED) is 0.673. The molecule has 5 atom stereocenters. The molecule has 18 heavy (non-hydrogen) atoms. The highest BCUT2D eigenvalue weighted by molar-refractivity contribution is 5.05. The van der Waals surface area contributed by atoms with E-state index in [0.717, 1.165) is 25.7 Å². The van der Waals surface area contributed by atoms with E-state index in [2.05, 4.69) is 6.92 Å². The van der Waals surface area contributed by atoms with Crippen molar-refractivity contribution in [1.82, 2.24) is 0 Å². The van der Waals surface area contributed by atoms with Gasteiger partial charge in [-0.3, -0.25) is 0 Å². The van der Waals surface area contributed by atoms with Crippen LogP contribution in [0, 0.1) is 17.3 Å². The molecule has 0 aromatic heterocycles. The van der Waals surface area contributed by atoms with Crippen molar-refractivity contribution >= 4 is 0 Å². The highest BCUT2D eigenvalue weighted by Crippen LogP contribution is 2.56. The van der Waals surface area contributed by atoms with Gasteiger partial charge in [0.15, 0.2) is 0 Å². The molecule has 106 valence electrons. The molecule has 0 aromatic rings. The number of hydrogen-bond donors (Lipinski definition) is 3. The minimum Gasteiger partial charge on any atom is -0.393 e. The normalized spacial score (nSPS) is 49.8. The van der Waals surface area contributed by atoms with Crippen LogP contribution in [-0.2, 0) is 0 Å². The van der Waals surface area contributed by atoms with Crippen LogP contribution < -0.4 is 0 Å². The summed E-state index contributed by atoms with van der Waals surface area (Å²) in [7, 11) is 0. The summed E-state index contributed by atoms with van der Waals surface area (Å²) in [5, 5.41) is 30.8. The Labute approximate surface area is 110 Å². The summed E-state index contributed by atoms with van der Waals surface area (Å²) in [6.45, 7) is 7.78. The van der Waals surface area contributed by atoms with Gasteiger partial charge in [-0.2, -0.15) is 0 Å². The molecule has 0 aromatic carbocycles. The van der Waals surface area contributed by atoms with Crippen LogP contribution in [0.3, 0.4) is 0 Å². The van der Waals surface area contributed by atoms with E-state index in [9.17, 15) is 15.3 Å². The topological polar surface area (TPSA) is 60.7 Å². The molecule has 2 saturated carbocycles. The first-order chi connectivity index (χ1) is 8.05. The average Bonchev–Trinajstić information content (AvgIpc) is 2.12. The Morgan fingerprint density at radius 3 is 2.33 bits per heavy atom. The lowest BCUT2D eigenvalue weighted by atomic mass is 9.52. The van der Waals surface area contributed by atoms with E-state index in [0.29, 0.717) is 6.42 Å². The number of hydrogen-bond acceptors (Lipinski definition) is 3. The Morgan fingerprint density at radius 1 is 1.17 bits per heavy atom. The first-order valence-electron chi connectivity index (χ1n) is 7.17. The zero-order valence-electron chi connectivity index (χ0n) is 12.1. The molecule has 0 amide bonds. The van der Waals surface area contributed by atoms with Gasteiger partial charge < -0.3 is 15.3 Å². The molecule has 2 aliphatic carbocycles. The van der Waals surface area contributed by atoms with E-state index in [-0.39, 0.29) is 23.4 Å². The van der Waals surface area contributed by atoms with Crippen molar-refractivity contribution in [2.75, 3.05) is 0 Å². The zero-order chi connectivity index (χ0) is 13.8. The van der Waals surface area contributed by atoms with E-state index >= 15 is 0 Å². The summed E-state index contributed by atoms with van der Waals surface area (Å²) in [6, 6.07) is 0. The number of rotatable bonds is 1. The first kappa shape index (κ1) is 14.3. The minimum absolute atomic E-state index is 0.0168. The zero-order valence-corrected chi connectivity index (χ0v) is 12.1. The maximum Gasteiger partial charge on any atom is 0.0677 e.